The highest BCUT2D eigenvalue weighted by molar-refractivity contribution is 8.00. The maximum atomic E-state index is 13.4. The van der Waals surface area contributed by atoms with Gasteiger partial charge in [-0.25, -0.2) is 4.68 Å². The van der Waals surface area contributed by atoms with Gasteiger partial charge in [0.15, 0.2) is 5.82 Å². The number of hydrogen-bond donors (Lipinski definition) is 2. The average molecular weight is 442 g/mol. The number of benzene rings is 2. The Morgan fingerprint density at radius 1 is 1.20 bits per heavy atom. The molecular formula is C22H24ClN5OS. The minimum atomic E-state index is -0.419. The second-order valence-corrected chi connectivity index (χ2v) is 9.03. The molecule has 0 saturated heterocycles. The summed E-state index contributed by atoms with van der Waals surface area (Å²) < 4.78 is 1.91. The molecule has 2 atom stereocenters. The number of nitrogens with one attached hydrogen (secondary N) is 2. The number of hydrogen-bond acceptors (Lipinski definition) is 5. The molecule has 2 aromatic carbocycles. The van der Waals surface area contributed by atoms with E-state index in [0.717, 1.165) is 41.0 Å². The molecule has 0 spiro atoms. The third-order valence-electron chi connectivity index (χ3n) is 5.12. The Labute approximate surface area is 185 Å². The molecule has 0 fully saturated rings. The fourth-order valence-electron chi connectivity index (χ4n) is 3.48. The van der Waals surface area contributed by atoms with Crippen molar-refractivity contribution in [1.29, 1.82) is 0 Å². The number of amides is 1. The summed E-state index contributed by atoms with van der Waals surface area (Å²) in [5.74, 6) is 0.791. The highest BCUT2D eigenvalue weighted by Crippen LogP contribution is 2.38. The molecule has 0 aliphatic carbocycles. The quantitative estimate of drug-likeness (QED) is 0.589. The van der Waals surface area contributed by atoms with Crippen molar-refractivity contribution in [2.45, 2.75) is 50.1 Å². The molecule has 1 aliphatic heterocycles. The summed E-state index contributed by atoms with van der Waals surface area (Å²) in [7, 11) is 0. The number of fused-ring (bicyclic) bond motifs is 1. The zero-order chi connectivity index (χ0) is 21.3. The summed E-state index contributed by atoms with van der Waals surface area (Å²) in [4.78, 5) is 13.4. The maximum absolute atomic E-state index is 13.4. The third-order valence-corrected chi connectivity index (χ3v) is 6.58. The number of carbonyl (C=O) groups excluding carboxylic acids is 1. The number of nitrogens with zero attached hydrogens (tertiary/aromatic N) is 3. The minimum Gasteiger partial charge on any atom is -0.325 e. The topological polar surface area (TPSA) is 71.8 Å². The Morgan fingerprint density at radius 2 is 1.97 bits per heavy atom. The first-order valence-electron chi connectivity index (χ1n) is 9.97. The molecule has 1 amide bonds. The van der Waals surface area contributed by atoms with Crippen LogP contribution in [0.5, 0.6) is 0 Å². The Morgan fingerprint density at radius 3 is 2.70 bits per heavy atom. The summed E-state index contributed by atoms with van der Waals surface area (Å²) in [6.07, 6.45) is 1.78. The van der Waals surface area contributed by atoms with E-state index in [4.69, 9.17) is 11.6 Å². The predicted molar refractivity (Wildman–Crippen MR) is 122 cm³/mol. The van der Waals surface area contributed by atoms with Crippen molar-refractivity contribution >= 4 is 35.0 Å². The SMILES string of the molecule is CCCc1nnc2n1N[C@H](c1ccc(Cl)cc1)[C@@H](C(=O)Nc1cc(C)ccc1C)S2. The number of aryl methyl sites for hydroxylation is 3. The summed E-state index contributed by atoms with van der Waals surface area (Å²) in [5, 5.41) is 12.7. The standard InChI is InChI=1S/C22H24ClN5OS/c1-4-5-18-25-26-22-28(18)27-19(15-8-10-16(23)11-9-15)20(30-22)21(29)24-17-12-13(2)6-7-14(17)3/h6-12,19-20,27H,4-5H2,1-3H3,(H,24,29)/t19-,20+/m1/s1. The van der Waals surface area contributed by atoms with Crippen LogP contribution in [0.1, 0.15) is 41.9 Å². The van der Waals surface area contributed by atoms with Gasteiger partial charge >= 0.3 is 0 Å². The Kier molecular flexibility index (Phi) is 6.01. The van der Waals surface area contributed by atoms with Gasteiger partial charge in [-0.3, -0.25) is 4.79 Å². The van der Waals surface area contributed by atoms with Crippen molar-refractivity contribution in [2.75, 3.05) is 10.7 Å². The number of carbonyl (C=O) groups is 1. The minimum absolute atomic E-state index is 0.0764. The molecule has 6 nitrogen and oxygen atoms in total. The highest BCUT2D eigenvalue weighted by Gasteiger charge is 2.37. The maximum Gasteiger partial charge on any atom is 0.240 e. The van der Waals surface area contributed by atoms with Crippen molar-refractivity contribution in [2.24, 2.45) is 0 Å². The predicted octanol–water partition coefficient (Wildman–Crippen LogP) is 4.90. The van der Waals surface area contributed by atoms with E-state index in [0.29, 0.717) is 10.2 Å². The molecule has 0 saturated carbocycles. The van der Waals surface area contributed by atoms with Gasteiger partial charge in [0.05, 0.1) is 6.04 Å². The number of aromatic nitrogens is 3. The van der Waals surface area contributed by atoms with Gasteiger partial charge in [0.25, 0.3) is 0 Å². The van der Waals surface area contributed by atoms with Crippen LogP contribution in [0.2, 0.25) is 5.02 Å². The molecule has 1 aliphatic rings. The van der Waals surface area contributed by atoms with Crippen molar-refractivity contribution in [3.05, 3.63) is 70.0 Å². The summed E-state index contributed by atoms with van der Waals surface area (Å²) >= 11 is 7.52. The molecule has 0 radical (unpaired) electrons. The molecule has 0 unspecified atom stereocenters. The Balaban J connectivity index is 1.68. The zero-order valence-electron chi connectivity index (χ0n) is 17.1. The van der Waals surface area contributed by atoms with Gasteiger partial charge in [-0.1, -0.05) is 54.6 Å². The summed E-state index contributed by atoms with van der Waals surface area (Å²) in [5.41, 5.74) is 7.41. The van der Waals surface area contributed by atoms with Crippen LogP contribution in [0.4, 0.5) is 5.69 Å². The number of thioether (sulfide) groups is 1. The number of anilines is 1. The fraction of sp³-hybridized carbons (Fsp3) is 0.318. The lowest BCUT2D eigenvalue weighted by molar-refractivity contribution is -0.116. The summed E-state index contributed by atoms with van der Waals surface area (Å²) in [6, 6.07) is 13.4. The van der Waals surface area contributed by atoms with E-state index in [9.17, 15) is 4.79 Å². The van der Waals surface area contributed by atoms with Crippen LogP contribution in [0, 0.1) is 13.8 Å². The summed E-state index contributed by atoms with van der Waals surface area (Å²) in [6.45, 7) is 6.11. The lowest BCUT2D eigenvalue weighted by atomic mass is 10.0. The van der Waals surface area contributed by atoms with Crippen molar-refractivity contribution in [3.63, 3.8) is 0 Å². The van der Waals surface area contributed by atoms with Crippen LogP contribution in [-0.2, 0) is 11.2 Å². The molecular weight excluding hydrogens is 418 g/mol. The second-order valence-electron chi connectivity index (χ2n) is 7.49. The highest BCUT2D eigenvalue weighted by atomic mass is 35.5. The van der Waals surface area contributed by atoms with Gasteiger partial charge < -0.3 is 10.7 Å². The van der Waals surface area contributed by atoms with Crippen LogP contribution in [0.15, 0.2) is 47.6 Å². The number of rotatable bonds is 5. The Hall–Kier alpha value is -2.51. The average Bonchev–Trinajstić information content (AvgIpc) is 3.12. The van der Waals surface area contributed by atoms with Crippen LogP contribution in [0.3, 0.4) is 0 Å². The van der Waals surface area contributed by atoms with Crippen LogP contribution >= 0.6 is 23.4 Å². The molecule has 0 bridgehead atoms. The van der Waals surface area contributed by atoms with E-state index in [1.807, 2.05) is 61.0 Å². The monoisotopic (exact) mass is 441 g/mol. The molecule has 8 heteroatoms. The molecule has 30 heavy (non-hydrogen) atoms. The van der Waals surface area contributed by atoms with E-state index in [2.05, 4.69) is 27.9 Å². The molecule has 156 valence electrons. The van der Waals surface area contributed by atoms with Gasteiger partial charge in [-0.2, -0.15) is 0 Å². The van der Waals surface area contributed by atoms with Crippen molar-refractivity contribution in [1.82, 2.24) is 14.9 Å². The molecule has 1 aromatic heterocycles. The Bertz CT molecular complexity index is 1070. The van der Waals surface area contributed by atoms with E-state index in [-0.39, 0.29) is 11.9 Å². The van der Waals surface area contributed by atoms with Crippen LogP contribution in [-0.4, -0.2) is 26.0 Å². The lowest BCUT2D eigenvalue weighted by Gasteiger charge is -2.33. The lowest BCUT2D eigenvalue weighted by Crippen LogP contribution is -2.41. The zero-order valence-corrected chi connectivity index (χ0v) is 18.7. The van der Waals surface area contributed by atoms with E-state index >= 15 is 0 Å². The van der Waals surface area contributed by atoms with E-state index in [1.165, 1.54) is 11.8 Å². The fourth-order valence-corrected chi connectivity index (χ4v) is 4.70. The first-order chi connectivity index (χ1) is 14.5. The van der Waals surface area contributed by atoms with Crippen molar-refractivity contribution < 1.29 is 4.79 Å². The smallest absolute Gasteiger partial charge is 0.240 e. The molecule has 4 rings (SSSR count). The first-order valence-corrected chi connectivity index (χ1v) is 11.2. The molecule has 3 aromatic rings. The van der Waals surface area contributed by atoms with Crippen LogP contribution < -0.4 is 10.7 Å². The van der Waals surface area contributed by atoms with Crippen LogP contribution in [0.25, 0.3) is 0 Å². The third kappa shape index (κ3) is 4.18. The van der Waals surface area contributed by atoms with E-state index < -0.39 is 5.25 Å². The van der Waals surface area contributed by atoms with E-state index in [1.54, 1.807) is 0 Å². The second kappa shape index (κ2) is 8.70. The molecule has 2 heterocycles. The van der Waals surface area contributed by atoms with Crippen molar-refractivity contribution in [3.8, 4) is 0 Å². The van der Waals surface area contributed by atoms with Gasteiger partial charge in [0.2, 0.25) is 11.1 Å². The normalized spacial score (nSPS) is 17.9. The van der Waals surface area contributed by atoms with Gasteiger partial charge in [-0.15, -0.1) is 10.2 Å². The molecule has 2 N–H and O–H groups in total. The largest absolute Gasteiger partial charge is 0.325 e. The van der Waals surface area contributed by atoms with Gasteiger partial charge in [0.1, 0.15) is 5.25 Å². The van der Waals surface area contributed by atoms with Gasteiger partial charge in [0, 0.05) is 17.1 Å². The number of halogens is 1. The van der Waals surface area contributed by atoms with Gasteiger partial charge in [-0.05, 0) is 55.2 Å². The first kappa shape index (κ1) is 20.8.